The summed E-state index contributed by atoms with van der Waals surface area (Å²) < 4.78 is 11.2. The zero-order valence-electron chi connectivity index (χ0n) is 15.9. The van der Waals surface area contributed by atoms with E-state index in [4.69, 9.17) is 14.1 Å². The van der Waals surface area contributed by atoms with E-state index in [0.717, 1.165) is 51.9 Å². The van der Waals surface area contributed by atoms with Gasteiger partial charge in [-0.2, -0.15) is 0 Å². The number of thiophene rings is 1. The molecule has 28 heavy (non-hydrogen) atoms. The van der Waals surface area contributed by atoms with E-state index in [0.29, 0.717) is 0 Å². The molecule has 1 atom stereocenters. The summed E-state index contributed by atoms with van der Waals surface area (Å²) in [5.41, 5.74) is 4.64. The Kier molecular flexibility index (Phi) is 5.17. The van der Waals surface area contributed by atoms with Crippen LogP contribution < -0.4 is 4.74 Å². The number of benzene rings is 1. The van der Waals surface area contributed by atoms with Crippen molar-refractivity contribution in [1.82, 2.24) is 4.98 Å². The molecule has 144 valence electrons. The van der Waals surface area contributed by atoms with Crippen molar-refractivity contribution in [3.63, 3.8) is 0 Å². The van der Waals surface area contributed by atoms with Gasteiger partial charge < -0.3 is 9.15 Å². The third-order valence-corrected chi connectivity index (χ3v) is 6.57. The van der Waals surface area contributed by atoms with Gasteiger partial charge in [0.05, 0.1) is 19.1 Å². The average molecular weight is 412 g/mol. The number of ether oxygens (including phenoxy) is 1. The second-order valence-corrected chi connectivity index (χ2v) is 8.38. The number of hydrogen-bond donors (Lipinski definition) is 0. The molecule has 0 radical (unpaired) electrons. The normalized spacial score (nSPS) is 15.9. The summed E-state index contributed by atoms with van der Waals surface area (Å²) in [4.78, 5) is 7.65. The number of aromatic nitrogens is 1. The van der Waals surface area contributed by atoms with Crippen LogP contribution in [0.25, 0.3) is 32.8 Å². The SMILES string of the molecule is COc1cccc(-c2cc(-c3ccco3)c3c4c(sc3n2)CC(C)CC4)c1.Cl. The maximum absolute atomic E-state index is 5.80. The number of furan rings is 1. The fourth-order valence-corrected chi connectivity index (χ4v) is 5.41. The molecule has 4 aromatic rings. The summed E-state index contributed by atoms with van der Waals surface area (Å²) in [5.74, 6) is 2.49. The summed E-state index contributed by atoms with van der Waals surface area (Å²) >= 11 is 1.85. The summed E-state index contributed by atoms with van der Waals surface area (Å²) in [6, 6.07) is 14.2. The Balaban J connectivity index is 0.00000192. The molecule has 3 nitrogen and oxygen atoms in total. The Morgan fingerprint density at radius 2 is 2.07 bits per heavy atom. The quantitative estimate of drug-likeness (QED) is 0.372. The van der Waals surface area contributed by atoms with Crippen LogP contribution in [0.3, 0.4) is 0 Å². The molecule has 0 fully saturated rings. The Labute approximate surface area is 174 Å². The molecule has 3 aromatic heterocycles. The Bertz CT molecular complexity index is 1120. The van der Waals surface area contributed by atoms with E-state index in [9.17, 15) is 0 Å². The maximum Gasteiger partial charge on any atom is 0.134 e. The molecule has 1 aromatic carbocycles. The van der Waals surface area contributed by atoms with Crippen molar-refractivity contribution in [2.45, 2.75) is 26.2 Å². The molecule has 3 heterocycles. The van der Waals surface area contributed by atoms with Gasteiger partial charge in [-0.25, -0.2) is 4.98 Å². The van der Waals surface area contributed by atoms with E-state index in [-0.39, 0.29) is 12.4 Å². The summed E-state index contributed by atoms with van der Waals surface area (Å²) in [5, 5.41) is 1.28. The van der Waals surface area contributed by atoms with E-state index < -0.39 is 0 Å². The molecule has 0 saturated carbocycles. The lowest BCUT2D eigenvalue weighted by Gasteiger charge is -2.18. The summed E-state index contributed by atoms with van der Waals surface area (Å²) in [6.45, 7) is 2.34. The lowest BCUT2D eigenvalue weighted by atomic mass is 9.88. The predicted octanol–water partition coefficient (Wildman–Crippen LogP) is 6.78. The van der Waals surface area contributed by atoms with Gasteiger partial charge in [-0.3, -0.25) is 0 Å². The molecule has 1 unspecified atom stereocenters. The number of halogens is 1. The highest BCUT2D eigenvalue weighted by molar-refractivity contribution is 7.19. The number of methoxy groups -OCH3 is 1. The van der Waals surface area contributed by atoms with Gasteiger partial charge in [-0.15, -0.1) is 23.7 Å². The fourth-order valence-electron chi connectivity index (χ4n) is 4.00. The number of hydrogen-bond acceptors (Lipinski definition) is 4. The highest BCUT2D eigenvalue weighted by Gasteiger charge is 2.24. The molecule has 5 heteroatoms. The smallest absolute Gasteiger partial charge is 0.134 e. The minimum Gasteiger partial charge on any atom is -0.497 e. The third kappa shape index (κ3) is 3.21. The first-order chi connectivity index (χ1) is 13.2. The third-order valence-electron chi connectivity index (χ3n) is 5.42. The largest absolute Gasteiger partial charge is 0.497 e. The highest BCUT2D eigenvalue weighted by Crippen LogP contribution is 2.43. The predicted molar refractivity (Wildman–Crippen MR) is 118 cm³/mol. The van der Waals surface area contributed by atoms with Crippen molar-refractivity contribution >= 4 is 34.0 Å². The number of aryl methyl sites for hydroxylation is 1. The van der Waals surface area contributed by atoms with Gasteiger partial charge in [0.25, 0.3) is 0 Å². The Morgan fingerprint density at radius 1 is 1.18 bits per heavy atom. The van der Waals surface area contributed by atoms with E-state index in [1.807, 2.05) is 41.7 Å². The Hall–Kier alpha value is -2.30. The molecule has 5 rings (SSSR count). The van der Waals surface area contributed by atoms with E-state index in [1.165, 1.54) is 22.2 Å². The number of pyridine rings is 1. The van der Waals surface area contributed by atoms with Crippen LogP contribution in [-0.4, -0.2) is 12.1 Å². The van der Waals surface area contributed by atoms with E-state index in [2.05, 4.69) is 19.1 Å². The van der Waals surface area contributed by atoms with Crippen LogP contribution in [0.2, 0.25) is 0 Å². The molecular formula is C23H22ClNO2S. The first-order valence-electron chi connectivity index (χ1n) is 9.36. The van der Waals surface area contributed by atoms with Crippen LogP contribution in [0.15, 0.2) is 53.1 Å². The van der Waals surface area contributed by atoms with Gasteiger partial charge in [0.2, 0.25) is 0 Å². The lowest BCUT2D eigenvalue weighted by Crippen LogP contribution is -2.08. The molecule has 0 spiro atoms. The fraction of sp³-hybridized carbons (Fsp3) is 0.261. The first kappa shape index (κ1) is 19.0. The van der Waals surface area contributed by atoms with Crippen LogP contribution in [0.5, 0.6) is 5.75 Å². The van der Waals surface area contributed by atoms with E-state index >= 15 is 0 Å². The van der Waals surface area contributed by atoms with Gasteiger partial charge in [0, 0.05) is 21.4 Å². The average Bonchev–Trinajstić information content (AvgIpc) is 3.34. The van der Waals surface area contributed by atoms with Gasteiger partial charge in [-0.05, 0) is 61.1 Å². The second-order valence-electron chi connectivity index (χ2n) is 7.30. The monoisotopic (exact) mass is 411 g/mol. The molecule has 0 aliphatic heterocycles. The molecule has 1 aliphatic carbocycles. The van der Waals surface area contributed by atoms with Crippen molar-refractivity contribution in [3.05, 3.63) is 59.2 Å². The van der Waals surface area contributed by atoms with Gasteiger partial charge in [-0.1, -0.05) is 19.1 Å². The number of fused-ring (bicyclic) bond motifs is 3. The highest BCUT2D eigenvalue weighted by atomic mass is 35.5. The van der Waals surface area contributed by atoms with Gasteiger partial charge in [0.1, 0.15) is 16.3 Å². The second kappa shape index (κ2) is 7.61. The van der Waals surface area contributed by atoms with Crippen molar-refractivity contribution in [1.29, 1.82) is 0 Å². The first-order valence-corrected chi connectivity index (χ1v) is 10.2. The van der Waals surface area contributed by atoms with Crippen LogP contribution in [-0.2, 0) is 12.8 Å². The van der Waals surface area contributed by atoms with Crippen molar-refractivity contribution in [2.75, 3.05) is 7.11 Å². The summed E-state index contributed by atoms with van der Waals surface area (Å²) in [6.07, 6.45) is 5.27. The number of nitrogens with zero attached hydrogens (tertiary/aromatic N) is 1. The number of rotatable bonds is 3. The minimum absolute atomic E-state index is 0. The molecule has 0 N–H and O–H groups in total. The zero-order valence-corrected chi connectivity index (χ0v) is 17.5. The standard InChI is InChI=1S/C23H21NO2S.ClH/c1-14-8-9-17-21(11-14)27-23-22(17)18(20-7-4-10-26-20)13-19(24-23)15-5-3-6-16(12-15)25-2;/h3-7,10,12-14H,8-9,11H2,1-2H3;1H. The van der Waals surface area contributed by atoms with Crippen LogP contribution in [0.1, 0.15) is 23.8 Å². The lowest BCUT2D eigenvalue weighted by molar-refractivity contribution is 0.415. The van der Waals surface area contributed by atoms with E-state index in [1.54, 1.807) is 13.4 Å². The topological polar surface area (TPSA) is 35.3 Å². The molecule has 0 bridgehead atoms. The maximum atomic E-state index is 5.80. The van der Waals surface area contributed by atoms with Crippen LogP contribution in [0.4, 0.5) is 0 Å². The molecule has 0 amide bonds. The summed E-state index contributed by atoms with van der Waals surface area (Å²) in [7, 11) is 1.69. The van der Waals surface area contributed by atoms with Crippen molar-refractivity contribution in [2.24, 2.45) is 5.92 Å². The zero-order chi connectivity index (χ0) is 18.4. The molecule has 1 aliphatic rings. The van der Waals surface area contributed by atoms with Gasteiger partial charge in [0.15, 0.2) is 0 Å². The molecule has 0 saturated heterocycles. The molecular weight excluding hydrogens is 390 g/mol. The van der Waals surface area contributed by atoms with Crippen LogP contribution >= 0.6 is 23.7 Å². The van der Waals surface area contributed by atoms with Gasteiger partial charge >= 0.3 is 0 Å². The minimum atomic E-state index is 0. The van der Waals surface area contributed by atoms with Crippen molar-refractivity contribution < 1.29 is 9.15 Å². The van der Waals surface area contributed by atoms with Crippen molar-refractivity contribution in [3.8, 4) is 28.3 Å². The van der Waals surface area contributed by atoms with Crippen LogP contribution in [0, 0.1) is 5.92 Å². The Morgan fingerprint density at radius 3 is 2.86 bits per heavy atom.